The summed E-state index contributed by atoms with van der Waals surface area (Å²) >= 11 is 0. The van der Waals surface area contributed by atoms with Gasteiger partial charge in [0.25, 0.3) is 0 Å². The minimum atomic E-state index is 0.743. The summed E-state index contributed by atoms with van der Waals surface area (Å²) in [6.45, 7) is 4.72. The Morgan fingerprint density at radius 2 is 2.36 bits per heavy atom. The Morgan fingerprint density at radius 1 is 1.45 bits per heavy atom. The molecule has 4 nitrogen and oxygen atoms in total. The average Bonchev–Trinajstić information content (AvgIpc) is 2.47. The maximum Gasteiger partial charge on any atom is 0.148 e. The van der Waals surface area contributed by atoms with Crippen LogP contribution in [0.2, 0.25) is 0 Å². The number of fused-ring (bicyclic) bond motifs is 1. The van der Waals surface area contributed by atoms with Crippen molar-refractivity contribution in [2.45, 2.75) is 26.4 Å². The van der Waals surface area contributed by atoms with Crippen molar-refractivity contribution >= 4 is 0 Å². The molecule has 0 aromatic carbocycles. The maximum absolute atomic E-state index is 4.24. The van der Waals surface area contributed by atoms with Crippen LogP contribution >= 0.6 is 0 Å². The third-order valence-corrected chi connectivity index (χ3v) is 1.96. The van der Waals surface area contributed by atoms with Crippen LogP contribution in [0, 0.1) is 0 Å². The van der Waals surface area contributed by atoms with E-state index >= 15 is 0 Å². The summed E-state index contributed by atoms with van der Waals surface area (Å²) in [6.07, 6.45) is 0.965. The second-order valence-electron chi connectivity index (χ2n) is 2.64. The largest absolute Gasteiger partial charge is 0.313 e. The molecule has 0 bridgehead atoms. The van der Waals surface area contributed by atoms with E-state index in [1.807, 2.05) is 0 Å². The standard InChI is InChI=1S/C7H11N4/c1-2-6-9-10-7-5-8-3-4-11(6)7/h2-5H2,1H3. The molecule has 0 amide bonds. The van der Waals surface area contributed by atoms with Gasteiger partial charge in [-0.05, 0) is 0 Å². The molecule has 59 valence electrons. The number of aromatic nitrogens is 3. The summed E-state index contributed by atoms with van der Waals surface area (Å²) < 4.78 is 2.17. The highest BCUT2D eigenvalue weighted by Gasteiger charge is 2.13. The number of nitrogens with zero attached hydrogens (tertiary/aromatic N) is 4. The van der Waals surface area contributed by atoms with Crippen molar-refractivity contribution < 1.29 is 0 Å². The average molecular weight is 151 g/mol. The Bertz CT molecular complexity index is 239. The van der Waals surface area contributed by atoms with Crippen LogP contribution < -0.4 is 5.32 Å². The third kappa shape index (κ3) is 1.03. The molecule has 0 fully saturated rings. The van der Waals surface area contributed by atoms with Gasteiger partial charge >= 0.3 is 0 Å². The first-order chi connectivity index (χ1) is 5.42. The monoisotopic (exact) mass is 151 g/mol. The van der Waals surface area contributed by atoms with Crippen LogP contribution in [-0.2, 0) is 19.5 Å². The molecular formula is C7H11N4. The van der Waals surface area contributed by atoms with Gasteiger partial charge in [-0.15, -0.1) is 10.2 Å². The molecule has 0 unspecified atom stereocenters. The molecular weight excluding hydrogens is 140 g/mol. The highest BCUT2D eigenvalue weighted by atomic mass is 15.3. The smallest absolute Gasteiger partial charge is 0.148 e. The van der Waals surface area contributed by atoms with Crippen molar-refractivity contribution in [3.8, 4) is 0 Å². The molecule has 0 aliphatic carbocycles. The second kappa shape index (κ2) is 2.62. The minimum Gasteiger partial charge on any atom is -0.313 e. The topological polar surface area (TPSA) is 44.8 Å². The first-order valence-electron chi connectivity index (χ1n) is 3.96. The van der Waals surface area contributed by atoms with Crippen LogP contribution in [0.25, 0.3) is 0 Å². The molecule has 11 heavy (non-hydrogen) atoms. The van der Waals surface area contributed by atoms with Crippen molar-refractivity contribution in [3.05, 3.63) is 11.6 Å². The van der Waals surface area contributed by atoms with Gasteiger partial charge in [-0.25, -0.2) is 5.32 Å². The molecule has 0 saturated heterocycles. The summed E-state index contributed by atoms with van der Waals surface area (Å²) in [4.78, 5) is 0. The molecule has 0 saturated carbocycles. The summed E-state index contributed by atoms with van der Waals surface area (Å²) in [7, 11) is 0. The summed E-state index contributed by atoms with van der Waals surface area (Å²) in [5.41, 5.74) is 0. The molecule has 0 spiro atoms. The van der Waals surface area contributed by atoms with E-state index in [1.165, 1.54) is 0 Å². The Labute approximate surface area is 65.6 Å². The highest BCUT2D eigenvalue weighted by Crippen LogP contribution is 2.06. The molecule has 2 rings (SSSR count). The van der Waals surface area contributed by atoms with Crippen LogP contribution in [0.4, 0.5) is 0 Å². The molecule has 2 heterocycles. The van der Waals surface area contributed by atoms with Crippen molar-refractivity contribution in [1.82, 2.24) is 20.1 Å². The lowest BCUT2D eigenvalue weighted by atomic mass is 10.4. The van der Waals surface area contributed by atoms with Gasteiger partial charge in [-0.3, -0.25) is 0 Å². The van der Waals surface area contributed by atoms with Crippen molar-refractivity contribution in [3.63, 3.8) is 0 Å². The van der Waals surface area contributed by atoms with E-state index in [0.29, 0.717) is 0 Å². The van der Waals surface area contributed by atoms with Crippen LogP contribution in [-0.4, -0.2) is 21.3 Å². The number of rotatable bonds is 1. The fraction of sp³-hybridized carbons (Fsp3) is 0.714. The van der Waals surface area contributed by atoms with Crippen molar-refractivity contribution in [2.24, 2.45) is 0 Å². The molecule has 0 N–H and O–H groups in total. The predicted molar refractivity (Wildman–Crippen MR) is 40.1 cm³/mol. The third-order valence-electron chi connectivity index (χ3n) is 1.96. The molecule has 4 heteroatoms. The zero-order chi connectivity index (χ0) is 7.68. The van der Waals surface area contributed by atoms with E-state index in [0.717, 1.165) is 37.7 Å². The van der Waals surface area contributed by atoms with E-state index < -0.39 is 0 Å². The molecule has 1 aromatic heterocycles. The zero-order valence-electron chi connectivity index (χ0n) is 6.62. The van der Waals surface area contributed by atoms with Gasteiger partial charge in [0, 0.05) is 19.5 Å². The zero-order valence-corrected chi connectivity index (χ0v) is 6.62. The lowest BCUT2D eigenvalue weighted by Crippen LogP contribution is -2.24. The van der Waals surface area contributed by atoms with E-state index in [2.05, 4.69) is 27.0 Å². The minimum absolute atomic E-state index is 0.743. The Morgan fingerprint density at radius 3 is 3.18 bits per heavy atom. The molecule has 1 radical (unpaired) electrons. The number of hydrogen-bond donors (Lipinski definition) is 0. The molecule has 0 atom stereocenters. The van der Waals surface area contributed by atoms with Crippen LogP contribution in [0.5, 0.6) is 0 Å². The molecule has 1 aliphatic heterocycles. The lowest BCUT2D eigenvalue weighted by molar-refractivity contribution is 0.487. The van der Waals surface area contributed by atoms with Crippen molar-refractivity contribution in [2.75, 3.05) is 6.54 Å². The van der Waals surface area contributed by atoms with Gasteiger partial charge in [-0.1, -0.05) is 6.92 Å². The Hall–Kier alpha value is -0.900. The van der Waals surface area contributed by atoms with Gasteiger partial charge in [0.1, 0.15) is 11.6 Å². The SMILES string of the molecule is CCc1nnc2n1CC[N]C2. The Kier molecular flexibility index (Phi) is 1.62. The first kappa shape index (κ1) is 6.79. The van der Waals surface area contributed by atoms with Gasteiger partial charge in [0.15, 0.2) is 0 Å². The summed E-state index contributed by atoms with van der Waals surface area (Å²) in [6, 6.07) is 0. The predicted octanol–water partition coefficient (Wildman–Crippen LogP) is -0.0415. The van der Waals surface area contributed by atoms with Crippen LogP contribution in [0.3, 0.4) is 0 Å². The fourth-order valence-corrected chi connectivity index (χ4v) is 1.36. The summed E-state index contributed by atoms with van der Waals surface area (Å²) in [5, 5.41) is 12.4. The fourth-order valence-electron chi connectivity index (χ4n) is 1.36. The van der Waals surface area contributed by atoms with E-state index in [4.69, 9.17) is 0 Å². The Balaban J connectivity index is 2.38. The van der Waals surface area contributed by atoms with Crippen molar-refractivity contribution in [1.29, 1.82) is 0 Å². The molecule has 1 aliphatic rings. The van der Waals surface area contributed by atoms with Gasteiger partial charge in [-0.2, -0.15) is 0 Å². The van der Waals surface area contributed by atoms with Gasteiger partial charge in [0.05, 0.1) is 6.54 Å². The van der Waals surface area contributed by atoms with Crippen LogP contribution in [0.1, 0.15) is 18.6 Å². The molecule has 1 aromatic rings. The summed E-state index contributed by atoms with van der Waals surface area (Å²) in [5.74, 6) is 2.11. The first-order valence-corrected chi connectivity index (χ1v) is 3.96. The van der Waals surface area contributed by atoms with Crippen LogP contribution in [0.15, 0.2) is 0 Å². The quantitative estimate of drug-likeness (QED) is 0.565. The second-order valence-corrected chi connectivity index (χ2v) is 2.64. The van der Waals surface area contributed by atoms with E-state index in [9.17, 15) is 0 Å². The maximum atomic E-state index is 4.24. The van der Waals surface area contributed by atoms with E-state index in [1.54, 1.807) is 0 Å². The van der Waals surface area contributed by atoms with Gasteiger partial charge < -0.3 is 4.57 Å². The van der Waals surface area contributed by atoms with E-state index in [-0.39, 0.29) is 0 Å². The lowest BCUT2D eigenvalue weighted by Gasteiger charge is -2.13. The highest BCUT2D eigenvalue weighted by molar-refractivity contribution is 4.97. The number of hydrogen-bond acceptors (Lipinski definition) is 2. The normalized spacial score (nSPS) is 16.5. The van der Waals surface area contributed by atoms with Gasteiger partial charge in [0.2, 0.25) is 0 Å². The number of aryl methyl sites for hydroxylation is 1.